The zero-order chi connectivity index (χ0) is 27.1. The predicted molar refractivity (Wildman–Crippen MR) is 147 cm³/mol. The molecule has 0 aliphatic carbocycles. The molecule has 0 saturated heterocycles. The van der Waals surface area contributed by atoms with Crippen molar-refractivity contribution in [2.45, 2.75) is 6.92 Å². The number of likely N-dealkylation sites (N-methyl/N-ethyl adjacent to an activating group) is 1. The molecule has 0 spiro atoms. The molecule has 1 amide bonds. The van der Waals surface area contributed by atoms with E-state index in [-0.39, 0.29) is 18.3 Å². The largest absolute Gasteiger partial charge is 0.335 e. The van der Waals surface area contributed by atoms with Crippen LogP contribution in [-0.4, -0.2) is 66.6 Å². The molecule has 0 unspecified atom stereocenters. The maximum atomic E-state index is 14.1. The number of nitrogens with zero attached hydrogens (tertiary/aromatic N) is 6. The molecule has 0 saturated carbocycles. The number of hydrogen-bond donors (Lipinski definition) is 3. The maximum Gasteiger partial charge on any atom is 0.238 e. The number of pyridine rings is 3. The minimum Gasteiger partial charge on any atom is -0.335 e. The molecule has 6 aromatic rings. The Bertz CT molecular complexity index is 1840. The van der Waals surface area contributed by atoms with Crippen LogP contribution >= 0.6 is 0 Å². The van der Waals surface area contributed by atoms with Gasteiger partial charge in [0.05, 0.1) is 35.2 Å². The quantitative estimate of drug-likeness (QED) is 0.293. The first-order valence-corrected chi connectivity index (χ1v) is 12.2. The van der Waals surface area contributed by atoms with Crippen LogP contribution in [0.2, 0.25) is 0 Å². The Balaban J connectivity index is 1.39. The van der Waals surface area contributed by atoms with E-state index in [1.54, 1.807) is 23.5 Å². The number of aromatic nitrogens is 7. The van der Waals surface area contributed by atoms with Crippen LogP contribution in [0.25, 0.3) is 56.1 Å². The molecular weight excluding hydrogens is 497 g/mol. The van der Waals surface area contributed by atoms with Gasteiger partial charge in [0.1, 0.15) is 11.3 Å². The van der Waals surface area contributed by atoms with Gasteiger partial charge in [0, 0.05) is 23.5 Å². The van der Waals surface area contributed by atoms with Crippen molar-refractivity contribution in [1.29, 1.82) is 0 Å². The van der Waals surface area contributed by atoms with Crippen LogP contribution in [0.15, 0.2) is 61.1 Å². The fourth-order valence-electron chi connectivity index (χ4n) is 4.52. The molecule has 0 bridgehead atoms. The summed E-state index contributed by atoms with van der Waals surface area (Å²) < 4.78 is 14.1. The van der Waals surface area contributed by atoms with Crippen molar-refractivity contribution in [3.05, 3.63) is 72.4 Å². The Labute approximate surface area is 222 Å². The minimum absolute atomic E-state index is 0.134. The number of benzene rings is 1. The third-order valence-corrected chi connectivity index (χ3v) is 6.15. The third kappa shape index (κ3) is 4.82. The highest BCUT2D eigenvalue weighted by Crippen LogP contribution is 2.32. The summed E-state index contributed by atoms with van der Waals surface area (Å²) in [5.41, 5.74) is 7.34. The van der Waals surface area contributed by atoms with Crippen molar-refractivity contribution in [2.24, 2.45) is 0 Å². The molecule has 0 aliphatic rings. The van der Waals surface area contributed by atoms with Gasteiger partial charge in [-0.25, -0.2) is 19.3 Å². The van der Waals surface area contributed by atoms with E-state index in [4.69, 9.17) is 4.98 Å². The second-order valence-corrected chi connectivity index (χ2v) is 9.57. The number of amides is 1. The van der Waals surface area contributed by atoms with E-state index in [2.05, 4.69) is 35.5 Å². The number of imidazole rings is 1. The first-order chi connectivity index (χ1) is 18.8. The molecule has 194 valence electrons. The van der Waals surface area contributed by atoms with Crippen LogP contribution in [0, 0.1) is 12.7 Å². The number of rotatable bonds is 6. The predicted octanol–water partition coefficient (Wildman–Crippen LogP) is 4.57. The number of H-pyrrole nitrogens is 2. The summed E-state index contributed by atoms with van der Waals surface area (Å²) in [6.07, 6.45) is 4.94. The molecule has 10 nitrogen and oxygen atoms in total. The smallest absolute Gasteiger partial charge is 0.238 e. The van der Waals surface area contributed by atoms with Crippen LogP contribution in [0.1, 0.15) is 5.56 Å². The Morgan fingerprint density at radius 2 is 1.92 bits per heavy atom. The second-order valence-electron chi connectivity index (χ2n) is 9.57. The van der Waals surface area contributed by atoms with E-state index in [0.29, 0.717) is 39.6 Å². The molecule has 39 heavy (non-hydrogen) atoms. The van der Waals surface area contributed by atoms with Crippen molar-refractivity contribution < 1.29 is 9.18 Å². The topological polar surface area (TPSA) is 128 Å². The Morgan fingerprint density at radius 3 is 2.74 bits per heavy atom. The summed E-state index contributed by atoms with van der Waals surface area (Å²) in [5, 5.41) is 10.3. The fraction of sp³-hybridized carbons (Fsp3) is 0.143. The van der Waals surface area contributed by atoms with E-state index in [1.807, 2.05) is 51.4 Å². The lowest BCUT2D eigenvalue weighted by Crippen LogP contribution is -2.27. The number of carbonyl (C=O) groups is 1. The molecule has 1 aromatic carbocycles. The summed E-state index contributed by atoms with van der Waals surface area (Å²) in [5.74, 6) is 0.0445. The highest BCUT2D eigenvalue weighted by molar-refractivity contribution is 5.95. The van der Waals surface area contributed by atoms with Gasteiger partial charge in [-0.05, 0) is 68.5 Å². The highest BCUT2D eigenvalue weighted by Gasteiger charge is 2.18. The zero-order valence-corrected chi connectivity index (χ0v) is 21.5. The van der Waals surface area contributed by atoms with Gasteiger partial charge in [-0.15, -0.1) is 0 Å². The number of nitrogens with one attached hydrogen (secondary N) is 3. The van der Waals surface area contributed by atoms with Gasteiger partial charge in [0.2, 0.25) is 5.91 Å². The van der Waals surface area contributed by atoms with Crippen molar-refractivity contribution in [3.63, 3.8) is 0 Å². The number of hydrogen-bond acceptors (Lipinski definition) is 7. The molecule has 0 radical (unpaired) electrons. The molecule has 5 aromatic heterocycles. The van der Waals surface area contributed by atoms with E-state index in [1.165, 1.54) is 12.1 Å². The molecule has 0 atom stereocenters. The van der Waals surface area contributed by atoms with Gasteiger partial charge >= 0.3 is 0 Å². The second kappa shape index (κ2) is 9.69. The van der Waals surface area contributed by atoms with Crippen LogP contribution in [0.3, 0.4) is 0 Å². The molecule has 5 heterocycles. The number of carbonyl (C=O) groups excluding carboxylic acids is 1. The average Bonchev–Trinajstić information content (AvgIpc) is 3.51. The summed E-state index contributed by atoms with van der Waals surface area (Å²) in [6.45, 7) is 2.12. The molecule has 11 heteroatoms. The maximum absolute atomic E-state index is 14.1. The molecule has 0 fully saturated rings. The fourth-order valence-corrected chi connectivity index (χ4v) is 4.52. The Kier molecular flexibility index (Phi) is 6.04. The molecule has 6 rings (SSSR count). The first kappa shape index (κ1) is 24.3. The number of aryl methyl sites for hydroxylation is 1. The van der Waals surface area contributed by atoms with E-state index >= 15 is 0 Å². The number of fused-ring (bicyclic) bond motifs is 2. The van der Waals surface area contributed by atoms with Gasteiger partial charge in [-0.1, -0.05) is 6.07 Å². The Morgan fingerprint density at radius 1 is 1.05 bits per heavy atom. The summed E-state index contributed by atoms with van der Waals surface area (Å²) in [4.78, 5) is 35.5. The molecule has 3 N–H and O–H groups in total. The number of anilines is 1. The van der Waals surface area contributed by atoms with Gasteiger partial charge in [0.25, 0.3) is 0 Å². The SMILES string of the molecule is Cc1cc(F)cc(-c2ccnc3nc(-c4n[nH]c5ccc(-c6cncc(NC(=O)CN(C)C)c6)nc45)[nH]c23)c1. The van der Waals surface area contributed by atoms with E-state index < -0.39 is 0 Å². The third-order valence-electron chi connectivity index (χ3n) is 6.15. The average molecular weight is 522 g/mol. The van der Waals surface area contributed by atoms with Crippen LogP contribution in [-0.2, 0) is 4.79 Å². The summed E-state index contributed by atoms with van der Waals surface area (Å²) in [7, 11) is 3.66. The molecule has 0 aliphatic heterocycles. The minimum atomic E-state index is -0.305. The van der Waals surface area contributed by atoms with Crippen LogP contribution in [0.5, 0.6) is 0 Å². The number of halogens is 1. The van der Waals surface area contributed by atoms with Gasteiger partial charge in [-0.3, -0.25) is 14.9 Å². The van der Waals surface area contributed by atoms with Gasteiger partial charge in [-0.2, -0.15) is 5.10 Å². The van der Waals surface area contributed by atoms with Gasteiger partial charge in [0.15, 0.2) is 17.2 Å². The summed E-state index contributed by atoms with van der Waals surface area (Å²) >= 11 is 0. The van der Waals surface area contributed by atoms with Gasteiger partial charge < -0.3 is 15.2 Å². The zero-order valence-electron chi connectivity index (χ0n) is 21.5. The molecular formula is C28H24FN9O. The lowest BCUT2D eigenvalue weighted by atomic mass is 10.0. The summed E-state index contributed by atoms with van der Waals surface area (Å²) in [6, 6.07) is 12.3. The lowest BCUT2D eigenvalue weighted by Gasteiger charge is -2.10. The highest BCUT2D eigenvalue weighted by atomic mass is 19.1. The van der Waals surface area contributed by atoms with Crippen LogP contribution in [0.4, 0.5) is 10.1 Å². The monoisotopic (exact) mass is 521 g/mol. The number of aromatic amines is 2. The standard InChI is InChI=1S/C28H24FN9O/c1-15-8-16(10-18(29)9-15)20-6-7-31-27-24(20)34-28(35-27)26-25-22(36-37-26)5-4-21(33-25)17-11-19(13-30-12-17)32-23(39)14-38(2)3/h4-13H,14H2,1-3H3,(H,32,39)(H,36,37)(H,31,34,35). The van der Waals surface area contributed by atoms with Crippen molar-refractivity contribution in [1.82, 2.24) is 40.0 Å². The van der Waals surface area contributed by atoms with E-state index in [9.17, 15) is 9.18 Å². The lowest BCUT2D eigenvalue weighted by molar-refractivity contribution is -0.116. The van der Waals surface area contributed by atoms with Crippen LogP contribution < -0.4 is 5.32 Å². The van der Waals surface area contributed by atoms with Crippen molar-refractivity contribution in [3.8, 4) is 33.9 Å². The first-order valence-electron chi connectivity index (χ1n) is 12.2. The van der Waals surface area contributed by atoms with Crippen molar-refractivity contribution >= 4 is 33.8 Å². The normalized spacial score (nSPS) is 11.5. The van der Waals surface area contributed by atoms with E-state index in [0.717, 1.165) is 27.8 Å². The van der Waals surface area contributed by atoms with Crippen molar-refractivity contribution in [2.75, 3.05) is 26.0 Å². The Hall–Kier alpha value is -5.03.